The fourth-order valence-corrected chi connectivity index (χ4v) is 3.96. The van der Waals surface area contributed by atoms with E-state index < -0.39 is 16.0 Å². The van der Waals surface area contributed by atoms with Crippen molar-refractivity contribution in [2.45, 2.75) is 38.5 Å². The molecule has 2 rings (SSSR count). The first-order valence-corrected chi connectivity index (χ1v) is 8.91. The van der Waals surface area contributed by atoms with Crippen molar-refractivity contribution in [3.63, 3.8) is 0 Å². The Balaban J connectivity index is 1.88. The minimum Gasteiger partial charge on any atom is -0.481 e. The van der Waals surface area contributed by atoms with Gasteiger partial charge in [-0.25, -0.2) is 8.42 Å². The second kappa shape index (κ2) is 6.93. The molecular formula is C15H21NO4S. The molecule has 0 aliphatic heterocycles. The van der Waals surface area contributed by atoms with Crippen molar-refractivity contribution in [1.82, 2.24) is 0 Å². The second-order valence-corrected chi connectivity index (χ2v) is 7.47. The molecule has 116 valence electrons. The molecule has 1 aliphatic rings. The van der Waals surface area contributed by atoms with E-state index >= 15 is 0 Å². The SMILES string of the molecule is O=C(O)Cc1ccc(NS(=O)(=O)CCC2CCCC2)cc1. The van der Waals surface area contributed by atoms with E-state index in [2.05, 4.69) is 4.72 Å². The van der Waals surface area contributed by atoms with Crippen molar-refractivity contribution >= 4 is 21.7 Å². The van der Waals surface area contributed by atoms with E-state index in [0.29, 0.717) is 23.6 Å². The molecule has 0 saturated heterocycles. The number of carbonyl (C=O) groups is 1. The summed E-state index contributed by atoms with van der Waals surface area (Å²) in [7, 11) is -3.32. The topological polar surface area (TPSA) is 83.5 Å². The fraction of sp³-hybridized carbons (Fsp3) is 0.533. The van der Waals surface area contributed by atoms with E-state index in [9.17, 15) is 13.2 Å². The van der Waals surface area contributed by atoms with Crippen LogP contribution in [0.2, 0.25) is 0 Å². The Labute approximate surface area is 125 Å². The molecule has 1 saturated carbocycles. The van der Waals surface area contributed by atoms with Crippen LogP contribution in [0.3, 0.4) is 0 Å². The van der Waals surface area contributed by atoms with Gasteiger partial charge in [0.1, 0.15) is 0 Å². The predicted molar refractivity (Wildman–Crippen MR) is 81.8 cm³/mol. The second-order valence-electron chi connectivity index (χ2n) is 5.63. The van der Waals surface area contributed by atoms with Gasteiger partial charge in [-0.05, 0) is 30.0 Å². The van der Waals surface area contributed by atoms with Gasteiger partial charge in [-0.3, -0.25) is 9.52 Å². The van der Waals surface area contributed by atoms with E-state index in [-0.39, 0.29) is 12.2 Å². The molecule has 1 fully saturated rings. The Morgan fingerprint density at radius 1 is 1.19 bits per heavy atom. The van der Waals surface area contributed by atoms with E-state index in [1.54, 1.807) is 24.3 Å². The highest BCUT2D eigenvalue weighted by atomic mass is 32.2. The van der Waals surface area contributed by atoms with Gasteiger partial charge < -0.3 is 5.11 Å². The lowest BCUT2D eigenvalue weighted by Crippen LogP contribution is -2.18. The molecule has 0 atom stereocenters. The van der Waals surface area contributed by atoms with Crippen LogP contribution in [0, 0.1) is 5.92 Å². The third-order valence-electron chi connectivity index (χ3n) is 3.85. The van der Waals surface area contributed by atoms with Gasteiger partial charge >= 0.3 is 5.97 Å². The summed E-state index contributed by atoms with van der Waals surface area (Å²) in [4.78, 5) is 10.6. The van der Waals surface area contributed by atoms with Crippen molar-refractivity contribution in [1.29, 1.82) is 0 Å². The van der Waals surface area contributed by atoms with E-state index in [0.717, 1.165) is 12.8 Å². The van der Waals surface area contributed by atoms with Crippen LogP contribution in [0.5, 0.6) is 0 Å². The number of rotatable bonds is 7. The number of hydrogen-bond acceptors (Lipinski definition) is 3. The maximum Gasteiger partial charge on any atom is 0.307 e. The molecule has 0 aromatic heterocycles. The van der Waals surface area contributed by atoms with Gasteiger partial charge in [0.2, 0.25) is 10.0 Å². The van der Waals surface area contributed by atoms with Gasteiger partial charge in [0.05, 0.1) is 12.2 Å². The molecule has 21 heavy (non-hydrogen) atoms. The molecule has 6 heteroatoms. The predicted octanol–water partition coefficient (Wildman–Crippen LogP) is 2.64. The van der Waals surface area contributed by atoms with Gasteiger partial charge in [0.15, 0.2) is 0 Å². The number of sulfonamides is 1. The quantitative estimate of drug-likeness (QED) is 0.811. The smallest absolute Gasteiger partial charge is 0.307 e. The summed E-state index contributed by atoms with van der Waals surface area (Å²) < 4.78 is 26.6. The Hall–Kier alpha value is -1.56. The average Bonchev–Trinajstić information content (AvgIpc) is 2.91. The summed E-state index contributed by atoms with van der Waals surface area (Å²) in [5.74, 6) is -0.214. The van der Waals surface area contributed by atoms with Gasteiger partial charge in [-0.15, -0.1) is 0 Å². The minimum atomic E-state index is -3.32. The first kappa shape index (κ1) is 15.8. The van der Waals surface area contributed by atoms with Crippen LogP contribution in [0.4, 0.5) is 5.69 Å². The summed E-state index contributed by atoms with van der Waals surface area (Å²) in [5.41, 5.74) is 1.13. The van der Waals surface area contributed by atoms with Crippen LogP contribution in [0.15, 0.2) is 24.3 Å². The zero-order valence-corrected chi connectivity index (χ0v) is 12.7. The number of anilines is 1. The Morgan fingerprint density at radius 2 is 1.81 bits per heavy atom. The molecule has 0 radical (unpaired) electrons. The molecule has 5 nitrogen and oxygen atoms in total. The summed E-state index contributed by atoms with van der Waals surface area (Å²) in [6.45, 7) is 0. The molecule has 0 unspecified atom stereocenters. The fourth-order valence-electron chi connectivity index (χ4n) is 2.72. The zero-order chi connectivity index (χ0) is 15.3. The van der Waals surface area contributed by atoms with Crippen molar-refractivity contribution in [3.05, 3.63) is 29.8 Å². The van der Waals surface area contributed by atoms with Crippen LogP contribution in [-0.2, 0) is 21.2 Å². The Kier molecular flexibility index (Phi) is 5.22. The van der Waals surface area contributed by atoms with Crippen LogP contribution >= 0.6 is 0 Å². The van der Waals surface area contributed by atoms with Crippen LogP contribution in [0.1, 0.15) is 37.7 Å². The number of carboxylic acids is 1. The molecule has 0 bridgehead atoms. The van der Waals surface area contributed by atoms with E-state index in [1.807, 2.05) is 0 Å². The third-order valence-corrected chi connectivity index (χ3v) is 5.17. The highest BCUT2D eigenvalue weighted by molar-refractivity contribution is 7.92. The highest BCUT2D eigenvalue weighted by Gasteiger charge is 2.19. The normalized spacial score (nSPS) is 16.0. The first-order chi connectivity index (χ1) is 9.94. The highest BCUT2D eigenvalue weighted by Crippen LogP contribution is 2.28. The summed E-state index contributed by atoms with van der Waals surface area (Å²) in [6, 6.07) is 6.46. The Morgan fingerprint density at radius 3 is 2.38 bits per heavy atom. The molecule has 1 aromatic carbocycles. The van der Waals surface area contributed by atoms with Crippen LogP contribution in [-0.4, -0.2) is 25.2 Å². The average molecular weight is 311 g/mol. The van der Waals surface area contributed by atoms with E-state index in [1.165, 1.54) is 12.8 Å². The van der Waals surface area contributed by atoms with Crippen LogP contribution < -0.4 is 4.72 Å². The largest absolute Gasteiger partial charge is 0.481 e. The number of nitrogens with one attached hydrogen (secondary N) is 1. The molecule has 2 N–H and O–H groups in total. The lowest BCUT2D eigenvalue weighted by molar-refractivity contribution is -0.136. The van der Waals surface area contributed by atoms with Crippen LogP contribution in [0.25, 0.3) is 0 Å². The monoisotopic (exact) mass is 311 g/mol. The standard InChI is InChI=1S/C15H21NO4S/c17-15(18)11-13-5-7-14(8-6-13)16-21(19,20)10-9-12-3-1-2-4-12/h5-8,12,16H,1-4,9-11H2,(H,17,18). The molecule has 1 aromatic rings. The molecule has 1 aliphatic carbocycles. The summed E-state index contributed by atoms with van der Waals surface area (Å²) in [5, 5.41) is 8.68. The number of carboxylic acid groups (broad SMARTS) is 1. The van der Waals surface area contributed by atoms with Crippen molar-refractivity contribution < 1.29 is 18.3 Å². The molecular weight excluding hydrogens is 290 g/mol. The summed E-state index contributed by atoms with van der Waals surface area (Å²) >= 11 is 0. The zero-order valence-electron chi connectivity index (χ0n) is 11.9. The van der Waals surface area contributed by atoms with Gasteiger partial charge in [0.25, 0.3) is 0 Å². The van der Waals surface area contributed by atoms with E-state index in [4.69, 9.17) is 5.11 Å². The van der Waals surface area contributed by atoms with Crippen molar-refractivity contribution in [3.8, 4) is 0 Å². The minimum absolute atomic E-state index is 0.0608. The summed E-state index contributed by atoms with van der Waals surface area (Å²) in [6.07, 6.45) is 5.35. The number of benzene rings is 1. The van der Waals surface area contributed by atoms with Gasteiger partial charge in [-0.1, -0.05) is 37.8 Å². The van der Waals surface area contributed by atoms with Crippen molar-refractivity contribution in [2.75, 3.05) is 10.5 Å². The van der Waals surface area contributed by atoms with Gasteiger partial charge in [-0.2, -0.15) is 0 Å². The lowest BCUT2D eigenvalue weighted by atomic mass is 10.1. The molecule has 0 heterocycles. The molecule has 0 spiro atoms. The lowest BCUT2D eigenvalue weighted by Gasteiger charge is -2.11. The number of aliphatic carboxylic acids is 1. The van der Waals surface area contributed by atoms with Crippen molar-refractivity contribution in [2.24, 2.45) is 5.92 Å². The third kappa shape index (κ3) is 5.38. The molecule has 0 amide bonds. The Bertz CT molecular complexity index is 574. The maximum atomic E-state index is 12.0. The maximum absolute atomic E-state index is 12.0. The number of hydrogen-bond donors (Lipinski definition) is 2. The van der Waals surface area contributed by atoms with Gasteiger partial charge in [0, 0.05) is 5.69 Å². The first-order valence-electron chi connectivity index (χ1n) is 7.26.